The van der Waals surface area contributed by atoms with Gasteiger partial charge >= 0.3 is 21.8 Å². The molecule has 0 aliphatic carbocycles. The van der Waals surface area contributed by atoms with E-state index in [2.05, 4.69) is 19.9 Å². The van der Waals surface area contributed by atoms with E-state index in [1.54, 1.807) is 4.57 Å². The number of ether oxygens (including phenoxy) is 2. The summed E-state index contributed by atoms with van der Waals surface area (Å²) in [6.45, 7) is 0.393. The summed E-state index contributed by atoms with van der Waals surface area (Å²) in [5.41, 5.74) is 5.28. The molecule has 2 fully saturated rings. The van der Waals surface area contributed by atoms with Gasteiger partial charge in [0.15, 0.2) is 5.65 Å². The number of hydrogen-bond donors (Lipinski definition) is 5. The summed E-state index contributed by atoms with van der Waals surface area (Å²) >= 11 is 0. The molecule has 2 saturated heterocycles. The number of aliphatic hydroxyl groups excluding tert-OH is 1. The Hall–Kier alpha value is -3.00. The first kappa shape index (κ1) is 31.9. The minimum absolute atomic E-state index is 0. The van der Waals surface area contributed by atoms with Crippen molar-refractivity contribution in [2.24, 2.45) is 0 Å². The number of nitrogen functional groups attached to an aromatic ring is 1. The lowest BCUT2D eigenvalue weighted by atomic mass is 10.2. The third-order valence-corrected chi connectivity index (χ3v) is 7.89. The van der Waals surface area contributed by atoms with Crippen molar-refractivity contribution >= 4 is 33.2 Å². The fraction of sp³-hybridized carbons (Fsp3) is 0.550. The number of phosphoric ester groups is 1. The molecule has 8 N–H and O–H groups in total. The molecule has 230 valence electrons. The zero-order chi connectivity index (χ0) is 29.5. The molecule has 0 spiro atoms. The average Bonchev–Trinajstić information content (AvgIpc) is 3.60. The van der Waals surface area contributed by atoms with E-state index in [1.807, 2.05) is 0 Å². The number of aryl methyl sites for hydroxylation is 1. The van der Waals surface area contributed by atoms with Crippen LogP contribution in [0.4, 0.5) is 5.95 Å². The lowest BCUT2D eigenvalue weighted by Crippen LogP contribution is -2.33. The van der Waals surface area contributed by atoms with Gasteiger partial charge in [0.1, 0.15) is 42.9 Å². The first-order valence-corrected chi connectivity index (χ1v) is 14.7. The van der Waals surface area contributed by atoms with Crippen molar-refractivity contribution in [3.8, 4) is 0 Å². The third kappa shape index (κ3) is 6.96. The van der Waals surface area contributed by atoms with Crippen molar-refractivity contribution in [1.29, 1.82) is 0 Å². The predicted octanol–water partition coefficient (Wildman–Crippen LogP) is -1.45. The number of aromatic amines is 1. The molecule has 2 aliphatic rings. The molecule has 22 heteroatoms. The number of phosphoric acid groups is 1. The number of rotatable bonds is 10. The molecule has 3 aromatic rings. The molecule has 8 atom stereocenters. The van der Waals surface area contributed by atoms with E-state index < -0.39 is 77.4 Å². The molecule has 3 aromatic heterocycles. The molecule has 0 amide bonds. The maximum Gasteiger partial charge on any atom is 0.694 e. The first-order chi connectivity index (χ1) is 19.4. The minimum atomic E-state index is -4.84. The van der Waals surface area contributed by atoms with E-state index in [4.69, 9.17) is 33.7 Å². The normalized spacial score (nSPS) is 27.6. The lowest BCUT2D eigenvalue weighted by Gasteiger charge is -2.21. The van der Waals surface area contributed by atoms with E-state index in [0.29, 0.717) is 11.2 Å². The number of H-pyrrole nitrogens is 1. The Kier molecular flexibility index (Phi) is 9.65. The molecular weight excluding hydrogens is 608 g/mol. The molecule has 0 radical (unpaired) electrons. The molecular formula is C20H28N7O13P2+. The van der Waals surface area contributed by atoms with Crippen LogP contribution in [-0.4, -0.2) is 87.1 Å². The molecule has 20 nitrogen and oxygen atoms in total. The predicted molar refractivity (Wildman–Crippen MR) is 139 cm³/mol. The molecule has 0 bridgehead atoms. The van der Waals surface area contributed by atoms with Gasteiger partial charge < -0.3 is 30.7 Å². The monoisotopic (exact) mass is 636 g/mol. The zero-order valence-electron chi connectivity index (χ0n) is 21.7. The van der Waals surface area contributed by atoms with Gasteiger partial charge in [-0.05, 0) is 6.92 Å². The number of aliphatic hydroxyl groups is 1. The highest BCUT2D eigenvalue weighted by molar-refractivity contribution is 7.47. The van der Waals surface area contributed by atoms with Crippen LogP contribution in [0, 0.1) is 6.92 Å². The number of fused-ring (bicyclic) bond motifs is 1. The van der Waals surface area contributed by atoms with Gasteiger partial charge in [0.05, 0.1) is 25.2 Å². The maximum absolute atomic E-state index is 12.9. The quantitative estimate of drug-likeness (QED) is 0.159. The molecule has 0 saturated carbocycles. The Balaban J connectivity index is 0.00000405. The van der Waals surface area contributed by atoms with Crippen LogP contribution in [0.1, 0.15) is 30.9 Å². The SMILES string of the molecule is Cc1cn([C@H]2C[C@H](OP(=O)(O)OC[C@H]3O[C@@H](n4cnc5cnc(N)nc54)C[C@@H]3O)[C@@H](CO[P+](=O)O)O2)c(=O)[nH]c1=O.O. The van der Waals surface area contributed by atoms with Crippen LogP contribution in [0.3, 0.4) is 0 Å². The fourth-order valence-electron chi connectivity index (χ4n) is 4.53. The number of nitrogens with zero attached hydrogens (tertiary/aromatic N) is 5. The van der Waals surface area contributed by atoms with Crippen molar-refractivity contribution in [3.63, 3.8) is 0 Å². The van der Waals surface area contributed by atoms with Crippen LogP contribution < -0.4 is 17.0 Å². The van der Waals surface area contributed by atoms with Gasteiger partial charge in [-0.3, -0.25) is 28.0 Å². The average molecular weight is 636 g/mol. The van der Waals surface area contributed by atoms with Crippen molar-refractivity contribution in [2.75, 3.05) is 18.9 Å². The minimum Gasteiger partial charge on any atom is -0.412 e. The number of imidazole rings is 1. The van der Waals surface area contributed by atoms with Crippen LogP contribution in [0.15, 0.2) is 28.3 Å². The van der Waals surface area contributed by atoms with E-state index in [-0.39, 0.29) is 29.8 Å². The Bertz CT molecular complexity index is 1610. The number of aromatic nitrogens is 6. The van der Waals surface area contributed by atoms with Crippen LogP contribution >= 0.6 is 16.1 Å². The largest absolute Gasteiger partial charge is 0.694 e. The highest BCUT2D eigenvalue weighted by Crippen LogP contribution is 2.49. The second-order valence-electron chi connectivity index (χ2n) is 9.31. The third-order valence-electron chi connectivity index (χ3n) is 6.51. The summed E-state index contributed by atoms with van der Waals surface area (Å²) in [4.78, 5) is 57.8. The summed E-state index contributed by atoms with van der Waals surface area (Å²) in [7, 11) is -7.88. The van der Waals surface area contributed by atoms with E-state index in [0.717, 1.165) is 4.57 Å². The van der Waals surface area contributed by atoms with Crippen molar-refractivity contribution in [3.05, 3.63) is 45.1 Å². The second kappa shape index (κ2) is 12.7. The van der Waals surface area contributed by atoms with E-state index in [1.165, 1.54) is 25.6 Å². The topological polar surface area (TPSA) is 297 Å². The summed E-state index contributed by atoms with van der Waals surface area (Å²) in [6.07, 6.45) is -2.32. The van der Waals surface area contributed by atoms with Crippen molar-refractivity contribution in [1.82, 2.24) is 29.1 Å². The molecule has 42 heavy (non-hydrogen) atoms. The Labute approximate surface area is 235 Å². The maximum atomic E-state index is 12.9. The molecule has 5 rings (SSSR count). The van der Waals surface area contributed by atoms with Crippen LogP contribution in [0.25, 0.3) is 11.2 Å². The number of hydrogen-bond acceptors (Lipinski definition) is 14. The van der Waals surface area contributed by atoms with Crippen molar-refractivity contribution in [2.45, 2.75) is 56.6 Å². The summed E-state index contributed by atoms with van der Waals surface area (Å²) in [5.74, 6) is 0.0179. The number of anilines is 1. The zero-order valence-corrected chi connectivity index (χ0v) is 23.5. The number of nitrogens with one attached hydrogen (secondary N) is 1. The second-order valence-corrected chi connectivity index (χ2v) is 11.4. The Morgan fingerprint density at radius 2 is 1.90 bits per heavy atom. The van der Waals surface area contributed by atoms with Gasteiger partial charge in [-0.2, -0.15) is 4.98 Å². The molecule has 2 aliphatic heterocycles. The lowest BCUT2D eigenvalue weighted by molar-refractivity contribution is -0.0543. The smallest absolute Gasteiger partial charge is 0.412 e. The van der Waals surface area contributed by atoms with Gasteiger partial charge in [-0.25, -0.2) is 19.3 Å². The van der Waals surface area contributed by atoms with E-state index in [9.17, 15) is 28.7 Å². The highest BCUT2D eigenvalue weighted by atomic mass is 31.2. The molecule has 2 unspecified atom stereocenters. The molecule has 5 heterocycles. The van der Waals surface area contributed by atoms with Crippen LogP contribution in [0.2, 0.25) is 0 Å². The Morgan fingerprint density at radius 1 is 1.19 bits per heavy atom. The van der Waals surface area contributed by atoms with Gasteiger partial charge in [-0.1, -0.05) is 0 Å². The van der Waals surface area contributed by atoms with Gasteiger partial charge in [-0.15, -0.1) is 9.42 Å². The number of nitrogens with two attached hydrogens (primary N) is 1. The van der Waals surface area contributed by atoms with Crippen LogP contribution in [-0.2, 0) is 32.2 Å². The molecule has 0 aromatic carbocycles. The highest BCUT2D eigenvalue weighted by Gasteiger charge is 2.44. The summed E-state index contributed by atoms with van der Waals surface area (Å²) < 4.78 is 53.1. The van der Waals surface area contributed by atoms with Gasteiger partial charge in [0, 0.05) is 29.2 Å². The Morgan fingerprint density at radius 3 is 2.64 bits per heavy atom. The van der Waals surface area contributed by atoms with E-state index >= 15 is 0 Å². The summed E-state index contributed by atoms with van der Waals surface area (Å²) in [5, 5.41) is 10.5. The van der Waals surface area contributed by atoms with Gasteiger partial charge in [0.25, 0.3) is 5.56 Å². The van der Waals surface area contributed by atoms with Gasteiger partial charge in [0.2, 0.25) is 5.95 Å². The van der Waals surface area contributed by atoms with Crippen molar-refractivity contribution < 1.29 is 52.5 Å². The summed E-state index contributed by atoms with van der Waals surface area (Å²) in [6, 6.07) is 0. The standard InChI is InChI=1S/C20H25N7O12P2.H2O/c1-9-5-26(20(30)25-18(9)29)16-3-12(14(38-16)6-35-40(31)32)39-41(33,34)36-7-13-11(28)2-15(37-13)27-8-23-10-4-22-19(21)24-17(10)27;/h4-5,8,11-16,28H,2-3,6-7H2,1H3,(H4-,21,22,24,25,29,30,31,32,33,34);1H2/p+1/t11-,12-,13+,14+,15+,16+;/m0./s1. The fourth-order valence-corrected chi connectivity index (χ4v) is 5.76. The van der Waals surface area contributed by atoms with Crippen LogP contribution in [0.5, 0.6) is 0 Å². The first-order valence-electron chi connectivity index (χ1n) is 12.1.